The number of allylic oxidation sites excluding steroid dienone is 2. The number of rotatable bonds is 5. The van der Waals surface area contributed by atoms with Gasteiger partial charge < -0.3 is 54.6 Å². The van der Waals surface area contributed by atoms with Gasteiger partial charge in [-0.3, -0.25) is 14.8 Å². The number of hydrogen-bond acceptors (Lipinski definition) is 17. The van der Waals surface area contributed by atoms with E-state index in [1.54, 1.807) is 0 Å². The first-order chi connectivity index (χ1) is 64.1. The smallest absolute Gasteiger partial charge is 0.294 e. The van der Waals surface area contributed by atoms with E-state index in [9.17, 15) is 4.79 Å². The molecule has 675 valence electrons. The number of para-hydroxylation sites is 5. The number of fused-ring (bicyclic) bond motifs is 14. The molecule has 0 amide bonds. The average molecular weight is 1960 g/mol. The van der Waals surface area contributed by atoms with Crippen molar-refractivity contribution in [1.82, 2.24) is 39.1 Å². The Morgan fingerprint density at radius 2 is 1.14 bits per heavy atom. The first kappa shape index (κ1) is 87.0. The maximum absolute atomic E-state index is 10.0. The molecule has 18 heterocycles. The van der Waals surface area contributed by atoms with Crippen molar-refractivity contribution in [3.63, 3.8) is 0 Å². The molecule has 15 aliphatic rings. The Hall–Kier alpha value is -13.7. The molecule has 1 radical (unpaired) electrons. The normalized spacial score (nSPS) is 18.9. The Kier molecular flexibility index (Phi) is 21.7. The van der Waals surface area contributed by atoms with Crippen LogP contribution in [0.5, 0.6) is 0 Å². The largest absolute Gasteiger partial charge is 0.661 e. The van der Waals surface area contributed by atoms with Gasteiger partial charge in [0.05, 0.1) is 40.6 Å². The Morgan fingerprint density at radius 1 is 0.545 bits per heavy atom. The minimum atomic E-state index is -0.125. The number of ketones is 1. The Labute approximate surface area is 802 Å². The summed E-state index contributed by atoms with van der Waals surface area (Å²) in [4.78, 5) is 48.5. The number of aromatic nitrogens is 3. The summed E-state index contributed by atoms with van der Waals surface area (Å²) in [6.07, 6.45) is 26.1. The molecule has 10 aromatic carbocycles. The number of carbonyl (C=O) groups is 1. The minimum Gasteiger partial charge on any atom is -0.661 e. The number of imidazole rings is 1. The standard InChI is InChI=1S/C28H27N2S.C21H24N4.C19H19N3.C17H13N3.C12H10N2.C11H9N3.C5H8O2.Ir/c1-17(2)20-9-7-10-21(18(3)4)27(20)30-13-12-29-16-19-14-26-24(15-23(19)28(29)30)22-8-5-6-11-25(22)31-26;1-20(2,3)16-12-11-13-17(23-16)24-19(21(4,5)6)25-15-10-8-7-9-14(15)22-18(13)25;1-19(2,3)18-20-13-8-6-7-12-11-21-14-9-4-5-10-15(14)22(18)17(21)16(12)13;1-2-5-12(6-3-1)16-18-14-8-4-7-13-11-19-9-10-20(16)17(19)15(13)14;1-2-9-4-5-13-6-7-14-8-10(3-1)11(9)12(13)14;1-2-8-4-5-13-7-12-14-6-9(3-1)10(8)11(13)14;1-4(6)3-5(2)7;/h5-15,17-18H,16H2,1-4H3;7-10,12,18H,1-6H3;4-10,17H,11H2,1-3H3;1-10,17H,11H2;1-7,12H,8H2;1-5,7,11H,6H2;3,6H,1-2H3;/q+1;-2;;;;;;. The third-order valence-electron chi connectivity index (χ3n) is 27.3. The summed E-state index contributed by atoms with van der Waals surface area (Å²) in [5, 5.41) is 22.6. The zero-order valence-electron chi connectivity index (χ0n) is 78.4. The molecule has 0 aliphatic carbocycles. The van der Waals surface area contributed by atoms with E-state index >= 15 is 0 Å². The van der Waals surface area contributed by atoms with E-state index in [-0.39, 0.29) is 60.2 Å². The van der Waals surface area contributed by atoms with E-state index < -0.39 is 0 Å². The van der Waals surface area contributed by atoms with Crippen LogP contribution in [0.4, 0.5) is 39.9 Å². The predicted octanol–water partition coefficient (Wildman–Crippen LogP) is 26.2. The number of benzene rings is 10. The van der Waals surface area contributed by atoms with Gasteiger partial charge >= 0.3 is 0 Å². The van der Waals surface area contributed by atoms with Crippen molar-refractivity contribution in [2.75, 3.05) is 14.7 Å². The molecular weight excluding hydrogens is 1850 g/mol. The predicted molar refractivity (Wildman–Crippen MR) is 540 cm³/mol. The molecule has 0 bridgehead atoms. The number of aliphatic imine (C=N–C) groups is 3. The monoisotopic (exact) mass is 1960 g/mol. The molecule has 19 nitrogen and oxygen atoms in total. The number of carbonyl (C=O) groups excluding carboxylic acids is 1. The zero-order valence-corrected chi connectivity index (χ0v) is 81.6. The van der Waals surface area contributed by atoms with Crippen LogP contribution in [0.3, 0.4) is 0 Å². The van der Waals surface area contributed by atoms with Gasteiger partial charge in [0, 0.05) is 170 Å². The molecule has 13 aromatic rings. The van der Waals surface area contributed by atoms with Crippen molar-refractivity contribution in [2.24, 2.45) is 30.9 Å². The molecule has 5 unspecified atom stereocenters. The molecular formula is C113H110IrN17O2S-. The number of hydrazone groups is 1. The number of aliphatic hydroxyl groups is 1. The number of amidine groups is 3. The van der Waals surface area contributed by atoms with Crippen LogP contribution in [0.25, 0.3) is 54.7 Å². The Morgan fingerprint density at radius 3 is 1.83 bits per heavy atom. The molecule has 15 aliphatic heterocycles. The van der Waals surface area contributed by atoms with Crippen molar-refractivity contribution in [2.45, 2.75) is 185 Å². The maximum atomic E-state index is 10.0. The summed E-state index contributed by atoms with van der Waals surface area (Å²) in [6, 6.07) is 79.4. The van der Waals surface area contributed by atoms with Gasteiger partial charge in [-0.05, 0) is 131 Å². The minimum absolute atomic E-state index is 0. The van der Waals surface area contributed by atoms with Crippen LogP contribution in [0, 0.1) is 16.9 Å². The molecule has 0 fully saturated rings. The average Bonchev–Trinajstić information content (AvgIpc) is 1.53. The van der Waals surface area contributed by atoms with E-state index in [0.29, 0.717) is 30.3 Å². The summed E-state index contributed by atoms with van der Waals surface area (Å²) in [7, 11) is 0. The summed E-state index contributed by atoms with van der Waals surface area (Å²) in [5.74, 6) is 6.16. The Bertz CT molecular complexity index is 7130. The van der Waals surface area contributed by atoms with E-state index in [1.807, 2.05) is 35.9 Å². The first-order valence-electron chi connectivity index (χ1n) is 46.6. The molecule has 0 spiro atoms. The van der Waals surface area contributed by atoms with Gasteiger partial charge in [0.15, 0.2) is 5.78 Å². The molecule has 0 saturated heterocycles. The second-order valence-electron chi connectivity index (χ2n) is 40.2. The fourth-order valence-corrected chi connectivity index (χ4v) is 22.5. The molecule has 0 saturated carbocycles. The van der Waals surface area contributed by atoms with Gasteiger partial charge in [0.25, 0.3) is 5.82 Å². The van der Waals surface area contributed by atoms with Crippen molar-refractivity contribution in [1.29, 1.82) is 0 Å². The van der Waals surface area contributed by atoms with E-state index in [0.717, 1.165) is 84.2 Å². The summed E-state index contributed by atoms with van der Waals surface area (Å²) < 4.78 is 7.63. The van der Waals surface area contributed by atoms with Crippen molar-refractivity contribution in [3.8, 4) is 17.1 Å². The molecule has 134 heavy (non-hydrogen) atoms. The number of thiophene rings is 1. The SMILES string of the molecule is C1=CN2C(c3ccccc3)=Nc3cccc4c3C2N1C4.C1=CN2C=CN3Cc4cccc1c4C23.C1=CN2C=NN3Cc4cccc1c4C23.CC(=O)C=C(C)O.CC(C)(C)C1=Nc2cccc3c2C2N(C3)c3ccccc3N12.CC(C)(C)C1=Nc2nc(C(C)(C)C)c[c-]c2C2[N-]c3ccccc3N12.CC(C)c1cccc(C(C)C)c1-n1cc[n+]2c1-c1cc3c(cc1C2)sc1ccccc13.[Ir]. The van der Waals surface area contributed by atoms with Crippen LogP contribution >= 0.6 is 11.3 Å². The number of hydrogen-bond donors (Lipinski definition) is 1. The van der Waals surface area contributed by atoms with Crippen molar-refractivity contribution in [3.05, 3.63) is 374 Å². The molecule has 28 rings (SSSR count). The molecule has 5 atom stereocenters. The second-order valence-corrected chi connectivity index (χ2v) is 41.3. The first-order valence-corrected chi connectivity index (χ1v) is 47.4. The summed E-state index contributed by atoms with van der Waals surface area (Å²) >= 11 is 1.91. The number of pyridine rings is 1. The number of nitrogens with zero attached hydrogens (tertiary/aromatic N) is 17. The van der Waals surface area contributed by atoms with E-state index in [1.165, 1.54) is 152 Å². The van der Waals surface area contributed by atoms with Crippen LogP contribution in [0.2, 0.25) is 0 Å². The maximum Gasteiger partial charge on any atom is 0.294 e. The fourth-order valence-electron chi connectivity index (χ4n) is 21.3. The van der Waals surface area contributed by atoms with Gasteiger partial charge in [0.2, 0.25) is 0 Å². The second kappa shape index (κ2) is 33.5. The number of aliphatic hydroxyl groups excluding tert-OH is 1. The Balaban J connectivity index is 0.0000000966. The van der Waals surface area contributed by atoms with Gasteiger partial charge in [-0.1, -0.05) is 253 Å². The van der Waals surface area contributed by atoms with E-state index in [4.69, 9.17) is 30.4 Å². The van der Waals surface area contributed by atoms with Gasteiger partial charge in [0.1, 0.15) is 73.1 Å². The van der Waals surface area contributed by atoms with Crippen molar-refractivity contribution < 1.29 is 34.6 Å². The zero-order chi connectivity index (χ0) is 91.5. The van der Waals surface area contributed by atoms with Gasteiger partial charge in [-0.2, -0.15) is 21.8 Å². The number of anilines is 3. The third kappa shape index (κ3) is 14.9. The topological polar surface area (TPSA) is 152 Å². The van der Waals surface area contributed by atoms with Gasteiger partial charge in [-0.25, -0.2) is 14.6 Å². The molecule has 21 heteroatoms. The van der Waals surface area contributed by atoms with Crippen LogP contribution in [-0.4, -0.2) is 73.8 Å². The van der Waals surface area contributed by atoms with Crippen LogP contribution in [-0.2, 0) is 63.0 Å². The van der Waals surface area contributed by atoms with E-state index in [2.05, 4.69) is 410 Å². The van der Waals surface area contributed by atoms with Crippen LogP contribution < -0.4 is 19.3 Å². The third-order valence-corrected chi connectivity index (χ3v) is 28.4. The quantitative estimate of drug-likeness (QED) is 0.0756. The summed E-state index contributed by atoms with van der Waals surface area (Å²) in [6.45, 7) is 36.8. The summed E-state index contributed by atoms with van der Waals surface area (Å²) in [5.41, 5.74) is 31.2. The van der Waals surface area contributed by atoms with Crippen LogP contribution in [0.1, 0.15) is 236 Å². The van der Waals surface area contributed by atoms with Crippen LogP contribution in [0.15, 0.2) is 294 Å². The van der Waals surface area contributed by atoms with Crippen molar-refractivity contribution >= 4 is 113 Å². The molecule has 1 N–H and O–H groups in total. The molecule has 3 aromatic heterocycles. The van der Waals surface area contributed by atoms with Gasteiger partial charge in [-0.15, -0.1) is 22.6 Å². The fraction of sp³-hybridized carbons (Fsp3) is 0.265.